The average molecular weight is 322 g/mol. The quantitative estimate of drug-likeness (QED) is 0.658. The summed E-state index contributed by atoms with van der Waals surface area (Å²) in [4.78, 5) is 30.2. The molecule has 0 saturated carbocycles. The molecule has 7 nitrogen and oxygen atoms in total. The lowest BCUT2D eigenvalue weighted by Gasteiger charge is -2.13. The number of carbonyl (C=O) groups excluding carboxylic acids is 1. The Morgan fingerprint density at radius 3 is 2.68 bits per heavy atom. The van der Waals surface area contributed by atoms with E-state index in [1.54, 1.807) is 30.1 Å². The number of esters is 1. The number of ether oxygens (including phenoxy) is 1. The van der Waals surface area contributed by atoms with Crippen LogP contribution in [-0.2, 0) is 21.1 Å². The van der Waals surface area contributed by atoms with Gasteiger partial charge in [0.15, 0.2) is 5.66 Å². The molecular weight excluding hydrogens is 307 g/mol. The van der Waals surface area contributed by atoms with Gasteiger partial charge in [0.25, 0.3) is 0 Å². The number of aromatic nitrogens is 2. The summed E-state index contributed by atoms with van der Waals surface area (Å²) in [6.45, 7) is 0. The smallest absolute Gasteiger partial charge is 0.339 e. The minimum atomic E-state index is -4.50. The predicted molar refractivity (Wildman–Crippen MR) is 77.9 cm³/mol. The predicted octanol–water partition coefficient (Wildman–Crippen LogP) is 1.62. The largest absolute Gasteiger partial charge is 0.457 e. The second-order valence-corrected chi connectivity index (χ2v) is 7.06. The maximum atomic E-state index is 11.7. The van der Waals surface area contributed by atoms with E-state index in [1.807, 2.05) is 18.3 Å². The Hall–Kier alpha value is -1.95. The number of hydrogen-bond donors (Lipinski definition) is 2. The number of nitrogens with zero attached hydrogens (tertiary/aromatic N) is 2. The summed E-state index contributed by atoms with van der Waals surface area (Å²) in [5.74, 6) is -0.848. The van der Waals surface area contributed by atoms with Crippen LogP contribution in [0.2, 0.25) is 0 Å². The van der Waals surface area contributed by atoms with Crippen LogP contribution in [-0.4, -0.2) is 31.2 Å². The third-order valence-corrected chi connectivity index (χ3v) is 4.93. The van der Waals surface area contributed by atoms with Gasteiger partial charge in [-0.15, -0.1) is 0 Å². The summed E-state index contributed by atoms with van der Waals surface area (Å²) in [5.41, 5.74) is 1.02. The number of carbonyl (C=O) groups is 1. The van der Waals surface area contributed by atoms with Gasteiger partial charge in [0.1, 0.15) is 6.10 Å². The van der Waals surface area contributed by atoms with Crippen LogP contribution in [0.4, 0.5) is 0 Å². The van der Waals surface area contributed by atoms with E-state index in [-0.39, 0.29) is 6.42 Å². The Kier molecular flexibility index (Phi) is 3.64. The monoisotopic (exact) mass is 322 g/mol. The van der Waals surface area contributed by atoms with Gasteiger partial charge in [-0.2, -0.15) is 5.10 Å². The molecular formula is C14H15N2O5P. The SMILES string of the molecule is Cn1cc(-c2ccccc2C2CC(P(=O)(O)O)C(=O)O2)cn1. The lowest BCUT2D eigenvalue weighted by Crippen LogP contribution is -2.13. The normalized spacial score (nSPS) is 21.9. The van der Waals surface area contributed by atoms with Crippen molar-refractivity contribution in [3.63, 3.8) is 0 Å². The summed E-state index contributed by atoms with van der Waals surface area (Å²) in [6, 6.07) is 7.31. The summed E-state index contributed by atoms with van der Waals surface area (Å²) in [5, 5.41) is 4.11. The van der Waals surface area contributed by atoms with E-state index < -0.39 is 25.3 Å². The van der Waals surface area contributed by atoms with Crippen molar-refractivity contribution in [2.45, 2.75) is 18.2 Å². The molecule has 2 atom stereocenters. The molecule has 2 aromatic rings. The Balaban J connectivity index is 1.97. The first-order chi connectivity index (χ1) is 10.4. The molecule has 1 aromatic heterocycles. The second kappa shape index (κ2) is 5.35. The molecule has 2 N–H and O–H groups in total. The van der Waals surface area contributed by atoms with Gasteiger partial charge in [0, 0.05) is 30.8 Å². The molecule has 116 valence electrons. The minimum Gasteiger partial charge on any atom is -0.457 e. The Labute approximate surface area is 126 Å². The van der Waals surface area contributed by atoms with E-state index in [0.717, 1.165) is 16.7 Å². The first-order valence-electron chi connectivity index (χ1n) is 6.70. The molecule has 1 aliphatic heterocycles. The highest BCUT2D eigenvalue weighted by Crippen LogP contribution is 2.51. The number of benzene rings is 1. The third-order valence-electron chi connectivity index (χ3n) is 3.70. The van der Waals surface area contributed by atoms with E-state index in [9.17, 15) is 19.1 Å². The fourth-order valence-electron chi connectivity index (χ4n) is 2.63. The number of hydrogen-bond acceptors (Lipinski definition) is 4. The van der Waals surface area contributed by atoms with Crippen molar-refractivity contribution in [1.82, 2.24) is 9.78 Å². The lowest BCUT2D eigenvalue weighted by molar-refractivity contribution is -0.141. The maximum Gasteiger partial charge on any atom is 0.339 e. The van der Waals surface area contributed by atoms with Crippen LogP contribution in [0.25, 0.3) is 11.1 Å². The molecule has 1 aliphatic rings. The van der Waals surface area contributed by atoms with E-state index >= 15 is 0 Å². The molecule has 0 bridgehead atoms. The Morgan fingerprint density at radius 2 is 2.09 bits per heavy atom. The number of cyclic esters (lactones) is 1. The first-order valence-corrected chi connectivity index (χ1v) is 8.38. The summed E-state index contributed by atoms with van der Waals surface area (Å²) in [6.07, 6.45) is 2.83. The van der Waals surface area contributed by atoms with Crippen LogP contribution in [0.5, 0.6) is 0 Å². The molecule has 3 rings (SSSR count). The highest BCUT2D eigenvalue weighted by atomic mass is 31.2. The van der Waals surface area contributed by atoms with Gasteiger partial charge in [-0.05, 0) is 5.56 Å². The van der Waals surface area contributed by atoms with E-state index in [2.05, 4.69) is 5.10 Å². The molecule has 0 radical (unpaired) electrons. The van der Waals surface area contributed by atoms with Crippen LogP contribution < -0.4 is 0 Å². The van der Waals surface area contributed by atoms with Gasteiger partial charge in [-0.3, -0.25) is 14.0 Å². The zero-order chi connectivity index (χ0) is 15.9. The van der Waals surface area contributed by atoms with E-state index in [1.165, 1.54) is 0 Å². The van der Waals surface area contributed by atoms with E-state index in [4.69, 9.17) is 4.74 Å². The molecule has 2 unspecified atom stereocenters. The number of rotatable bonds is 3. The first kappa shape index (κ1) is 15.0. The molecule has 0 spiro atoms. The molecule has 8 heteroatoms. The van der Waals surface area contributed by atoms with Crippen LogP contribution >= 0.6 is 7.60 Å². The lowest BCUT2D eigenvalue weighted by atomic mass is 9.97. The van der Waals surface area contributed by atoms with Crippen LogP contribution in [0.15, 0.2) is 36.7 Å². The molecule has 1 fully saturated rings. The topological polar surface area (TPSA) is 102 Å². The average Bonchev–Trinajstić information content (AvgIpc) is 3.04. The van der Waals surface area contributed by atoms with Gasteiger partial charge in [0.2, 0.25) is 0 Å². The van der Waals surface area contributed by atoms with Crippen molar-refractivity contribution in [1.29, 1.82) is 0 Å². The zero-order valence-corrected chi connectivity index (χ0v) is 12.7. The third kappa shape index (κ3) is 2.70. The van der Waals surface area contributed by atoms with Crippen LogP contribution in [0.1, 0.15) is 18.1 Å². The van der Waals surface area contributed by atoms with Gasteiger partial charge in [-0.25, -0.2) is 0 Å². The van der Waals surface area contributed by atoms with Gasteiger partial charge in [0.05, 0.1) is 6.20 Å². The minimum absolute atomic E-state index is 0.0274. The highest BCUT2D eigenvalue weighted by Gasteiger charge is 2.46. The highest BCUT2D eigenvalue weighted by molar-refractivity contribution is 7.53. The summed E-state index contributed by atoms with van der Waals surface area (Å²) < 4.78 is 18.2. The van der Waals surface area contributed by atoms with Gasteiger partial charge >= 0.3 is 13.6 Å². The van der Waals surface area contributed by atoms with Crippen molar-refractivity contribution < 1.29 is 23.9 Å². The van der Waals surface area contributed by atoms with E-state index in [0.29, 0.717) is 0 Å². The van der Waals surface area contributed by atoms with Crippen molar-refractivity contribution in [3.8, 4) is 11.1 Å². The fourth-order valence-corrected chi connectivity index (χ4v) is 3.43. The fraction of sp³-hybridized carbons (Fsp3) is 0.286. The van der Waals surface area contributed by atoms with Gasteiger partial charge < -0.3 is 14.5 Å². The summed E-state index contributed by atoms with van der Waals surface area (Å²) >= 11 is 0. The molecule has 1 saturated heterocycles. The van der Waals surface area contributed by atoms with Crippen LogP contribution in [0, 0.1) is 0 Å². The van der Waals surface area contributed by atoms with Crippen molar-refractivity contribution in [2.24, 2.45) is 7.05 Å². The molecule has 0 aliphatic carbocycles. The standard InChI is InChI=1S/C14H15N2O5P/c1-16-8-9(7-15-16)10-4-2-3-5-11(10)12-6-13(14(17)21-12)22(18,19)20/h2-5,7-8,12-13H,6H2,1H3,(H2,18,19,20). The Bertz CT molecular complexity index is 766. The summed E-state index contributed by atoms with van der Waals surface area (Å²) in [7, 11) is -2.70. The number of aryl methyl sites for hydroxylation is 1. The van der Waals surface area contributed by atoms with Crippen LogP contribution in [0.3, 0.4) is 0 Å². The maximum absolute atomic E-state index is 11.7. The van der Waals surface area contributed by atoms with Crippen molar-refractivity contribution >= 4 is 13.6 Å². The molecule has 2 heterocycles. The second-order valence-electron chi connectivity index (χ2n) is 5.26. The van der Waals surface area contributed by atoms with Crippen molar-refractivity contribution in [3.05, 3.63) is 42.2 Å². The molecule has 0 amide bonds. The molecule has 1 aromatic carbocycles. The Morgan fingerprint density at radius 1 is 1.36 bits per heavy atom. The van der Waals surface area contributed by atoms with Gasteiger partial charge in [-0.1, -0.05) is 24.3 Å². The van der Waals surface area contributed by atoms with Crippen molar-refractivity contribution in [2.75, 3.05) is 0 Å². The molecule has 22 heavy (non-hydrogen) atoms. The zero-order valence-electron chi connectivity index (χ0n) is 11.8.